The van der Waals surface area contributed by atoms with Crippen LogP contribution in [0.1, 0.15) is 50.6 Å². The van der Waals surface area contributed by atoms with Gasteiger partial charge in [-0.1, -0.05) is 49.6 Å². The minimum Gasteiger partial charge on any atom is -0.494 e. The van der Waals surface area contributed by atoms with Crippen molar-refractivity contribution in [2.45, 2.75) is 51.2 Å². The second-order valence-electron chi connectivity index (χ2n) is 6.55. The fraction of sp³-hybridized carbons (Fsp3) is 0.500. The van der Waals surface area contributed by atoms with Gasteiger partial charge in [-0.3, -0.25) is 0 Å². The predicted molar refractivity (Wildman–Crippen MR) is 94.6 cm³/mol. The quantitative estimate of drug-likeness (QED) is 0.870. The molecule has 3 nitrogen and oxygen atoms in total. The van der Waals surface area contributed by atoms with E-state index in [1.807, 2.05) is 25.1 Å². The molecule has 0 spiro atoms. The maximum absolute atomic E-state index is 10.9. The average molecular weight is 313 g/mol. The zero-order chi connectivity index (χ0) is 16.2. The Labute approximate surface area is 138 Å². The van der Waals surface area contributed by atoms with Crippen molar-refractivity contribution in [3.63, 3.8) is 0 Å². The summed E-state index contributed by atoms with van der Waals surface area (Å²) in [5, 5.41) is 13.1. The van der Waals surface area contributed by atoms with Gasteiger partial charge in [-0.15, -0.1) is 0 Å². The van der Waals surface area contributed by atoms with Crippen LogP contribution in [0.15, 0.2) is 36.4 Å². The molecule has 0 unspecified atom stereocenters. The maximum Gasteiger partial charge on any atom is 0.124 e. The summed E-state index contributed by atoms with van der Waals surface area (Å²) >= 11 is 0. The molecule has 0 amide bonds. The van der Waals surface area contributed by atoms with Gasteiger partial charge in [-0.05, 0) is 42.5 Å². The molecule has 1 aliphatic carbocycles. The van der Waals surface area contributed by atoms with Gasteiger partial charge in [0.2, 0.25) is 0 Å². The first-order valence-corrected chi connectivity index (χ1v) is 8.80. The van der Waals surface area contributed by atoms with Gasteiger partial charge in [0, 0.05) is 5.56 Å². The topological polar surface area (TPSA) is 55.5 Å². The summed E-state index contributed by atoms with van der Waals surface area (Å²) < 4.78 is 5.81. The first kappa shape index (κ1) is 16.3. The molecule has 2 aromatic carbocycles. The number of rotatable bonds is 5. The first-order valence-electron chi connectivity index (χ1n) is 8.80. The van der Waals surface area contributed by atoms with Crippen molar-refractivity contribution >= 4 is 10.8 Å². The lowest BCUT2D eigenvalue weighted by Crippen LogP contribution is -2.34. The standard InChI is InChI=1S/C20H27NO2/c1-2-23-17-13-12-14-8-6-7-11-16(14)18(17)19(21)20(22)15-9-4-3-5-10-15/h6-8,11-13,15,19-20,22H,2-5,9-10,21H2,1H3/t19-,20+/m1/s1. The van der Waals surface area contributed by atoms with Gasteiger partial charge in [0.1, 0.15) is 5.75 Å². The summed E-state index contributed by atoms with van der Waals surface area (Å²) in [5.41, 5.74) is 7.48. The highest BCUT2D eigenvalue weighted by atomic mass is 16.5. The van der Waals surface area contributed by atoms with E-state index in [0.717, 1.165) is 34.9 Å². The van der Waals surface area contributed by atoms with E-state index >= 15 is 0 Å². The van der Waals surface area contributed by atoms with Gasteiger partial charge in [0.05, 0.1) is 18.8 Å². The van der Waals surface area contributed by atoms with Crippen molar-refractivity contribution < 1.29 is 9.84 Å². The molecule has 1 fully saturated rings. The first-order chi connectivity index (χ1) is 11.2. The molecule has 1 aliphatic rings. The largest absolute Gasteiger partial charge is 0.494 e. The Morgan fingerprint density at radius 1 is 1.13 bits per heavy atom. The molecular weight excluding hydrogens is 286 g/mol. The van der Waals surface area contributed by atoms with E-state index in [1.54, 1.807) is 0 Å². The molecule has 3 rings (SSSR count). The van der Waals surface area contributed by atoms with Crippen molar-refractivity contribution in [3.8, 4) is 5.75 Å². The number of ether oxygens (including phenoxy) is 1. The molecule has 2 atom stereocenters. The van der Waals surface area contributed by atoms with E-state index in [1.165, 1.54) is 19.3 Å². The van der Waals surface area contributed by atoms with Crippen LogP contribution in [0.4, 0.5) is 0 Å². The second kappa shape index (κ2) is 7.33. The van der Waals surface area contributed by atoms with Crippen LogP contribution in [0, 0.1) is 5.92 Å². The van der Waals surface area contributed by atoms with Gasteiger partial charge in [-0.25, -0.2) is 0 Å². The van der Waals surface area contributed by atoms with Crippen LogP contribution in [-0.4, -0.2) is 17.8 Å². The van der Waals surface area contributed by atoms with Crippen molar-refractivity contribution in [3.05, 3.63) is 42.0 Å². The molecule has 23 heavy (non-hydrogen) atoms. The zero-order valence-corrected chi connectivity index (χ0v) is 13.9. The third-order valence-electron chi connectivity index (χ3n) is 5.06. The highest BCUT2D eigenvalue weighted by molar-refractivity contribution is 5.88. The van der Waals surface area contributed by atoms with E-state index < -0.39 is 12.1 Å². The number of aliphatic hydroxyl groups is 1. The summed E-state index contributed by atoms with van der Waals surface area (Å²) in [4.78, 5) is 0. The lowest BCUT2D eigenvalue weighted by Gasteiger charge is -2.31. The maximum atomic E-state index is 10.9. The molecule has 0 bridgehead atoms. The third-order valence-corrected chi connectivity index (χ3v) is 5.06. The normalized spacial score (nSPS) is 18.7. The van der Waals surface area contributed by atoms with Crippen LogP contribution in [0.3, 0.4) is 0 Å². The Kier molecular flexibility index (Phi) is 5.19. The predicted octanol–water partition coefficient (Wildman–Crippen LogP) is 4.18. The highest BCUT2D eigenvalue weighted by Gasteiger charge is 2.30. The summed E-state index contributed by atoms with van der Waals surface area (Å²) in [7, 11) is 0. The smallest absolute Gasteiger partial charge is 0.124 e. The van der Waals surface area contributed by atoms with Gasteiger partial charge < -0.3 is 15.6 Å². The number of nitrogens with two attached hydrogens (primary N) is 1. The third kappa shape index (κ3) is 3.36. The highest BCUT2D eigenvalue weighted by Crippen LogP contribution is 2.38. The molecule has 0 saturated heterocycles. The summed E-state index contributed by atoms with van der Waals surface area (Å²) in [6.07, 6.45) is 5.30. The molecule has 0 radical (unpaired) electrons. The summed E-state index contributed by atoms with van der Waals surface area (Å²) in [6, 6.07) is 11.8. The Morgan fingerprint density at radius 2 is 1.87 bits per heavy atom. The number of aliphatic hydroxyl groups excluding tert-OH is 1. The SMILES string of the molecule is CCOc1ccc2ccccc2c1[C@@H](N)[C@@H](O)C1CCCCC1. The van der Waals surface area contributed by atoms with Gasteiger partial charge in [0.25, 0.3) is 0 Å². The van der Waals surface area contributed by atoms with Crippen LogP contribution in [0.5, 0.6) is 5.75 Å². The minimum absolute atomic E-state index is 0.298. The molecule has 0 heterocycles. The number of fused-ring (bicyclic) bond motifs is 1. The van der Waals surface area contributed by atoms with Crippen LogP contribution in [0.2, 0.25) is 0 Å². The van der Waals surface area contributed by atoms with Crippen molar-refractivity contribution in [1.29, 1.82) is 0 Å². The number of hydrogen-bond acceptors (Lipinski definition) is 3. The van der Waals surface area contributed by atoms with Crippen LogP contribution in [0.25, 0.3) is 10.8 Å². The van der Waals surface area contributed by atoms with E-state index in [2.05, 4.69) is 18.2 Å². The fourth-order valence-corrected chi connectivity index (χ4v) is 3.84. The number of hydrogen-bond donors (Lipinski definition) is 2. The molecule has 3 N–H and O–H groups in total. The van der Waals surface area contributed by atoms with Crippen molar-refractivity contribution in [2.75, 3.05) is 6.61 Å². The molecule has 3 heteroatoms. The van der Waals surface area contributed by atoms with E-state index in [9.17, 15) is 5.11 Å². The average Bonchev–Trinajstić information content (AvgIpc) is 2.61. The Morgan fingerprint density at radius 3 is 2.61 bits per heavy atom. The molecule has 2 aromatic rings. The zero-order valence-electron chi connectivity index (χ0n) is 13.9. The van der Waals surface area contributed by atoms with E-state index in [4.69, 9.17) is 10.5 Å². The monoisotopic (exact) mass is 313 g/mol. The van der Waals surface area contributed by atoms with Crippen molar-refractivity contribution in [2.24, 2.45) is 11.7 Å². The van der Waals surface area contributed by atoms with Crippen LogP contribution in [-0.2, 0) is 0 Å². The van der Waals surface area contributed by atoms with Gasteiger partial charge in [-0.2, -0.15) is 0 Å². The second-order valence-corrected chi connectivity index (χ2v) is 6.55. The van der Waals surface area contributed by atoms with E-state index in [0.29, 0.717) is 12.5 Å². The minimum atomic E-state index is -0.514. The fourth-order valence-electron chi connectivity index (χ4n) is 3.84. The summed E-state index contributed by atoms with van der Waals surface area (Å²) in [5.74, 6) is 1.10. The Bertz CT molecular complexity index is 649. The molecule has 1 saturated carbocycles. The van der Waals surface area contributed by atoms with Gasteiger partial charge in [0.15, 0.2) is 0 Å². The van der Waals surface area contributed by atoms with Gasteiger partial charge >= 0.3 is 0 Å². The summed E-state index contributed by atoms with van der Waals surface area (Å²) in [6.45, 7) is 2.57. The Balaban J connectivity index is 1.99. The number of benzene rings is 2. The Hall–Kier alpha value is -1.58. The molecule has 124 valence electrons. The van der Waals surface area contributed by atoms with Crippen molar-refractivity contribution in [1.82, 2.24) is 0 Å². The molecular formula is C20H27NO2. The van der Waals surface area contributed by atoms with Crippen LogP contribution >= 0.6 is 0 Å². The molecule has 0 aromatic heterocycles. The lowest BCUT2D eigenvalue weighted by molar-refractivity contribution is 0.0613. The van der Waals surface area contributed by atoms with E-state index in [-0.39, 0.29) is 0 Å². The molecule has 0 aliphatic heterocycles. The lowest BCUT2D eigenvalue weighted by atomic mass is 9.80. The van der Waals surface area contributed by atoms with Crippen LogP contribution < -0.4 is 10.5 Å².